The van der Waals surface area contributed by atoms with E-state index in [0.29, 0.717) is 18.0 Å². The number of hydrogen-bond acceptors (Lipinski definition) is 3. The molecule has 1 saturated heterocycles. The molecule has 2 aliphatic rings. The van der Waals surface area contributed by atoms with Crippen LogP contribution >= 0.6 is 0 Å². The third kappa shape index (κ3) is 3.42. The number of amides is 2. The van der Waals surface area contributed by atoms with Crippen LogP contribution in [0.25, 0.3) is 0 Å². The van der Waals surface area contributed by atoms with Gasteiger partial charge in [0.15, 0.2) is 0 Å². The number of piperidine rings is 1. The molecule has 0 unspecified atom stereocenters. The van der Waals surface area contributed by atoms with Gasteiger partial charge in [0.1, 0.15) is 5.75 Å². The predicted octanol–water partition coefficient (Wildman–Crippen LogP) is 3.32. The van der Waals surface area contributed by atoms with Crippen molar-refractivity contribution in [1.82, 2.24) is 4.90 Å². The SMILES string of the molecule is CC(=O)N1CCc2cc(C(=O)N3CCC(c4ccc(O)cc4)CC3)ccc21. The highest BCUT2D eigenvalue weighted by Crippen LogP contribution is 2.32. The summed E-state index contributed by atoms with van der Waals surface area (Å²) in [6, 6.07) is 13.1. The number of carbonyl (C=O) groups is 2. The Hall–Kier alpha value is -2.82. The third-order valence-electron chi connectivity index (χ3n) is 5.75. The van der Waals surface area contributed by atoms with Crippen molar-refractivity contribution >= 4 is 17.5 Å². The van der Waals surface area contributed by atoms with Gasteiger partial charge in [0.05, 0.1) is 0 Å². The fraction of sp³-hybridized carbons (Fsp3) is 0.364. The summed E-state index contributed by atoms with van der Waals surface area (Å²) in [5.74, 6) is 0.831. The molecule has 5 nitrogen and oxygen atoms in total. The summed E-state index contributed by atoms with van der Waals surface area (Å²) in [4.78, 5) is 28.3. The molecule has 140 valence electrons. The number of rotatable bonds is 2. The van der Waals surface area contributed by atoms with Crippen LogP contribution in [0.5, 0.6) is 5.75 Å². The number of aromatic hydroxyl groups is 1. The van der Waals surface area contributed by atoms with Crippen LogP contribution in [0.4, 0.5) is 5.69 Å². The number of hydrogen-bond donors (Lipinski definition) is 1. The quantitative estimate of drug-likeness (QED) is 0.889. The molecule has 2 aromatic rings. The van der Waals surface area contributed by atoms with Crippen LogP contribution in [0.2, 0.25) is 0 Å². The van der Waals surface area contributed by atoms with Gasteiger partial charge in [-0.05, 0) is 66.6 Å². The highest BCUT2D eigenvalue weighted by atomic mass is 16.3. The lowest BCUT2D eigenvalue weighted by atomic mass is 9.89. The maximum absolute atomic E-state index is 12.9. The lowest BCUT2D eigenvalue weighted by Gasteiger charge is -2.32. The van der Waals surface area contributed by atoms with Gasteiger partial charge in [0.2, 0.25) is 5.91 Å². The highest BCUT2D eigenvalue weighted by molar-refractivity contribution is 5.98. The van der Waals surface area contributed by atoms with Crippen LogP contribution in [-0.4, -0.2) is 41.5 Å². The van der Waals surface area contributed by atoms with Gasteiger partial charge in [-0.1, -0.05) is 12.1 Å². The van der Waals surface area contributed by atoms with E-state index < -0.39 is 0 Å². The molecule has 0 spiro atoms. The van der Waals surface area contributed by atoms with E-state index >= 15 is 0 Å². The molecule has 0 radical (unpaired) electrons. The summed E-state index contributed by atoms with van der Waals surface area (Å²) in [7, 11) is 0. The van der Waals surface area contributed by atoms with Gasteiger partial charge < -0.3 is 14.9 Å². The fourth-order valence-corrected chi connectivity index (χ4v) is 4.21. The predicted molar refractivity (Wildman–Crippen MR) is 104 cm³/mol. The second-order valence-electron chi connectivity index (χ2n) is 7.42. The van der Waals surface area contributed by atoms with Gasteiger partial charge in [-0.3, -0.25) is 9.59 Å². The lowest BCUT2D eigenvalue weighted by Crippen LogP contribution is -2.38. The molecule has 27 heavy (non-hydrogen) atoms. The molecule has 0 aromatic heterocycles. The van der Waals surface area contributed by atoms with Crippen molar-refractivity contribution in [2.45, 2.75) is 32.1 Å². The lowest BCUT2D eigenvalue weighted by molar-refractivity contribution is -0.116. The van der Waals surface area contributed by atoms with Crippen molar-refractivity contribution in [3.05, 3.63) is 59.2 Å². The molecule has 0 saturated carbocycles. The monoisotopic (exact) mass is 364 g/mol. The maximum atomic E-state index is 12.9. The Balaban J connectivity index is 1.43. The number of phenols is 1. The number of carbonyl (C=O) groups excluding carboxylic acids is 2. The average Bonchev–Trinajstić information content (AvgIpc) is 3.12. The number of nitrogens with zero attached hydrogens (tertiary/aromatic N) is 2. The van der Waals surface area contributed by atoms with E-state index in [-0.39, 0.29) is 17.6 Å². The van der Waals surface area contributed by atoms with Crippen molar-refractivity contribution in [1.29, 1.82) is 0 Å². The molecular weight excluding hydrogens is 340 g/mol. The first-order valence-corrected chi connectivity index (χ1v) is 9.52. The van der Waals surface area contributed by atoms with Crippen LogP contribution in [0.15, 0.2) is 42.5 Å². The Morgan fingerprint density at radius 3 is 2.37 bits per heavy atom. The highest BCUT2D eigenvalue weighted by Gasteiger charge is 2.27. The normalized spacial score (nSPS) is 17.1. The number of likely N-dealkylation sites (tertiary alicyclic amines) is 1. The maximum Gasteiger partial charge on any atom is 0.253 e. The van der Waals surface area contributed by atoms with E-state index in [1.165, 1.54) is 5.56 Å². The molecule has 1 N–H and O–H groups in total. The van der Waals surface area contributed by atoms with Gasteiger partial charge >= 0.3 is 0 Å². The first-order chi connectivity index (χ1) is 13.0. The minimum atomic E-state index is 0.0455. The number of phenolic OH excluding ortho intramolecular Hbond substituents is 1. The second kappa shape index (κ2) is 7.06. The summed E-state index contributed by atoms with van der Waals surface area (Å²) >= 11 is 0. The number of benzene rings is 2. The zero-order valence-corrected chi connectivity index (χ0v) is 15.5. The molecule has 2 heterocycles. The molecule has 2 aromatic carbocycles. The summed E-state index contributed by atoms with van der Waals surface area (Å²) in [6.07, 6.45) is 2.66. The standard InChI is InChI=1S/C22H24N2O3/c1-15(25)24-13-10-18-14-19(4-7-21(18)24)22(27)23-11-8-17(9-12-23)16-2-5-20(26)6-3-16/h2-7,14,17,26H,8-13H2,1H3. The van der Waals surface area contributed by atoms with Crippen LogP contribution in [-0.2, 0) is 11.2 Å². The molecule has 0 atom stereocenters. The van der Waals surface area contributed by atoms with E-state index in [9.17, 15) is 14.7 Å². The van der Waals surface area contributed by atoms with E-state index in [0.717, 1.165) is 43.6 Å². The van der Waals surface area contributed by atoms with Crippen molar-refractivity contribution in [2.75, 3.05) is 24.5 Å². The van der Waals surface area contributed by atoms with Crippen molar-refractivity contribution in [3.63, 3.8) is 0 Å². The van der Waals surface area contributed by atoms with E-state index in [1.807, 2.05) is 35.2 Å². The molecule has 5 heteroatoms. The minimum Gasteiger partial charge on any atom is -0.508 e. The number of fused-ring (bicyclic) bond motifs is 1. The van der Waals surface area contributed by atoms with Crippen molar-refractivity contribution in [3.8, 4) is 5.75 Å². The van der Waals surface area contributed by atoms with E-state index in [1.54, 1.807) is 24.0 Å². The molecule has 2 amide bonds. The smallest absolute Gasteiger partial charge is 0.253 e. The Kier molecular flexibility index (Phi) is 4.60. The molecule has 0 bridgehead atoms. The summed E-state index contributed by atoms with van der Waals surface area (Å²) < 4.78 is 0. The van der Waals surface area contributed by atoms with Gasteiger partial charge in [-0.2, -0.15) is 0 Å². The van der Waals surface area contributed by atoms with E-state index in [4.69, 9.17) is 0 Å². The Morgan fingerprint density at radius 1 is 1.00 bits per heavy atom. The molecule has 1 fully saturated rings. The zero-order chi connectivity index (χ0) is 19.0. The first kappa shape index (κ1) is 17.6. The van der Waals surface area contributed by atoms with Gasteiger partial charge in [-0.15, -0.1) is 0 Å². The molecule has 0 aliphatic carbocycles. The van der Waals surface area contributed by atoms with Crippen LogP contribution in [0.3, 0.4) is 0 Å². The summed E-state index contributed by atoms with van der Waals surface area (Å²) in [5, 5.41) is 9.43. The average molecular weight is 364 g/mol. The Labute approximate surface area is 159 Å². The molecule has 4 rings (SSSR count). The number of anilines is 1. The second-order valence-corrected chi connectivity index (χ2v) is 7.42. The molecular formula is C22H24N2O3. The zero-order valence-electron chi connectivity index (χ0n) is 15.5. The third-order valence-corrected chi connectivity index (χ3v) is 5.75. The Morgan fingerprint density at radius 2 is 1.70 bits per heavy atom. The van der Waals surface area contributed by atoms with Gasteiger partial charge in [0, 0.05) is 37.8 Å². The van der Waals surface area contributed by atoms with Gasteiger partial charge in [-0.25, -0.2) is 0 Å². The minimum absolute atomic E-state index is 0.0455. The Bertz CT molecular complexity index is 868. The summed E-state index contributed by atoms with van der Waals surface area (Å²) in [5.41, 5.74) is 3.95. The summed E-state index contributed by atoms with van der Waals surface area (Å²) in [6.45, 7) is 3.74. The fourth-order valence-electron chi connectivity index (χ4n) is 4.21. The van der Waals surface area contributed by atoms with E-state index in [2.05, 4.69) is 0 Å². The van der Waals surface area contributed by atoms with Gasteiger partial charge in [0.25, 0.3) is 5.91 Å². The van der Waals surface area contributed by atoms with Crippen LogP contribution < -0.4 is 4.90 Å². The van der Waals surface area contributed by atoms with Crippen molar-refractivity contribution < 1.29 is 14.7 Å². The molecule has 2 aliphatic heterocycles. The van der Waals surface area contributed by atoms with Crippen LogP contribution in [0.1, 0.15) is 47.2 Å². The largest absolute Gasteiger partial charge is 0.508 e. The van der Waals surface area contributed by atoms with Crippen LogP contribution in [0, 0.1) is 0 Å². The topological polar surface area (TPSA) is 60.9 Å². The van der Waals surface area contributed by atoms with Crippen molar-refractivity contribution in [2.24, 2.45) is 0 Å². The first-order valence-electron chi connectivity index (χ1n) is 9.52.